The van der Waals surface area contributed by atoms with Gasteiger partial charge in [0.15, 0.2) is 0 Å². The first-order valence-corrected chi connectivity index (χ1v) is 6.07. The Labute approximate surface area is 105 Å². The van der Waals surface area contributed by atoms with Crippen LogP contribution in [0.15, 0.2) is 0 Å². The fourth-order valence-corrected chi connectivity index (χ4v) is 2.47. The summed E-state index contributed by atoms with van der Waals surface area (Å²) in [4.78, 5) is 11.7. The summed E-state index contributed by atoms with van der Waals surface area (Å²) in [5, 5.41) is 2.95. The molecule has 0 aromatic heterocycles. The molecule has 1 aliphatic rings. The number of nitrogens with one attached hydrogen (secondary N) is 1. The molecule has 1 amide bonds. The largest absolute Gasteiger partial charge is 0.354 e. The number of carbonyl (C=O) groups is 1. The van der Waals surface area contributed by atoms with Gasteiger partial charge in [-0.3, -0.25) is 4.79 Å². The Morgan fingerprint density at radius 3 is 2.31 bits per heavy atom. The van der Waals surface area contributed by atoms with Crippen molar-refractivity contribution in [1.29, 1.82) is 0 Å². The molecular weight excluding hydrogens is 224 g/mol. The molecule has 1 aliphatic carbocycles. The van der Waals surface area contributed by atoms with E-state index >= 15 is 0 Å². The lowest BCUT2D eigenvalue weighted by molar-refractivity contribution is -0.124. The number of hydrogen-bond acceptors (Lipinski definition) is 2. The first-order chi connectivity index (χ1) is 7.08. The molecule has 0 heterocycles. The molecule has 0 spiro atoms. The molecule has 0 radical (unpaired) electrons. The van der Waals surface area contributed by atoms with E-state index in [2.05, 4.69) is 5.32 Å². The summed E-state index contributed by atoms with van der Waals surface area (Å²) >= 11 is 0. The van der Waals surface area contributed by atoms with Gasteiger partial charge in [-0.05, 0) is 38.6 Å². The highest BCUT2D eigenvalue weighted by Crippen LogP contribution is 2.38. The summed E-state index contributed by atoms with van der Waals surface area (Å²) in [6, 6.07) is 0.232. The third-order valence-corrected chi connectivity index (χ3v) is 3.33. The molecule has 1 rings (SSSR count). The second-order valence-corrected chi connectivity index (χ2v) is 5.16. The van der Waals surface area contributed by atoms with Crippen molar-refractivity contribution in [2.75, 3.05) is 6.54 Å². The van der Waals surface area contributed by atoms with Crippen LogP contribution in [-0.4, -0.2) is 18.5 Å². The summed E-state index contributed by atoms with van der Waals surface area (Å²) in [5.41, 5.74) is 5.93. The van der Waals surface area contributed by atoms with Gasteiger partial charge in [0.1, 0.15) is 0 Å². The number of amides is 1. The van der Waals surface area contributed by atoms with Gasteiger partial charge in [0.05, 0.1) is 0 Å². The van der Waals surface area contributed by atoms with Crippen LogP contribution in [0.5, 0.6) is 0 Å². The predicted molar refractivity (Wildman–Crippen MR) is 69.7 cm³/mol. The van der Waals surface area contributed by atoms with Gasteiger partial charge in [0.25, 0.3) is 0 Å². The van der Waals surface area contributed by atoms with Crippen LogP contribution in [0.2, 0.25) is 0 Å². The van der Waals surface area contributed by atoms with Crippen molar-refractivity contribution in [3.63, 3.8) is 0 Å². The maximum Gasteiger partial charge on any atom is 0.220 e. The van der Waals surface area contributed by atoms with Gasteiger partial charge >= 0.3 is 0 Å². The van der Waals surface area contributed by atoms with Crippen LogP contribution in [0.1, 0.15) is 52.4 Å². The fraction of sp³-hybridized carbons (Fsp3) is 0.917. The van der Waals surface area contributed by atoms with E-state index < -0.39 is 0 Å². The van der Waals surface area contributed by atoms with Gasteiger partial charge in [-0.25, -0.2) is 0 Å². The topological polar surface area (TPSA) is 55.1 Å². The lowest BCUT2D eigenvalue weighted by Crippen LogP contribution is -2.40. The Balaban J connectivity index is 0.00000225. The maximum atomic E-state index is 11.7. The molecule has 3 N–H and O–H groups in total. The van der Waals surface area contributed by atoms with Crippen LogP contribution < -0.4 is 11.1 Å². The monoisotopic (exact) mass is 248 g/mol. The number of nitrogens with two attached hydrogens (primary N) is 1. The summed E-state index contributed by atoms with van der Waals surface area (Å²) in [6.07, 6.45) is 6.61. The lowest BCUT2D eigenvalue weighted by Gasteiger charge is -2.35. The van der Waals surface area contributed by atoms with Crippen LogP contribution >= 0.6 is 12.4 Å². The number of carbonyl (C=O) groups excluding carboxylic acids is 1. The van der Waals surface area contributed by atoms with E-state index in [1.54, 1.807) is 0 Å². The zero-order valence-electron chi connectivity index (χ0n) is 10.4. The third kappa shape index (κ3) is 4.71. The van der Waals surface area contributed by atoms with Crippen molar-refractivity contribution in [1.82, 2.24) is 5.32 Å². The van der Waals surface area contributed by atoms with Gasteiger partial charge in [-0.1, -0.05) is 19.3 Å². The molecule has 1 fully saturated rings. The van der Waals surface area contributed by atoms with E-state index in [1.807, 2.05) is 13.8 Å². The van der Waals surface area contributed by atoms with Crippen molar-refractivity contribution in [3.05, 3.63) is 0 Å². The predicted octanol–water partition coefficient (Wildman–Crippen LogP) is 2.23. The van der Waals surface area contributed by atoms with Crippen LogP contribution in [-0.2, 0) is 4.79 Å². The zero-order valence-corrected chi connectivity index (χ0v) is 11.2. The normalized spacial score (nSPS) is 19.0. The average molecular weight is 249 g/mol. The molecule has 16 heavy (non-hydrogen) atoms. The lowest BCUT2D eigenvalue weighted by atomic mass is 9.71. The SMILES string of the molecule is CC(C)NC(=O)CC1(CN)CCCCC1.Cl. The fourth-order valence-electron chi connectivity index (χ4n) is 2.47. The van der Waals surface area contributed by atoms with Gasteiger partial charge in [0, 0.05) is 12.5 Å². The number of rotatable bonds is 4. The van der Waals surface area contributed by atoms with E-state index in [4.69, 9.17) is 5.73 Å². The van der Waals surface area contributed by atoms with Crippen molar-refractivity contribution in [2.45, 2.75) is 58.4 Å². The van der Waals surface area contributed by atoms with Crippen LogP contribution in [0.3, 0.4) is 0 Å². The van der Waals surface area contributed by atoms with E-state index in [0.29, 0.717) is 13.0 Å². The molecular formula is C12H25ClN2O. The van der Waals surface area contributed by atoms with Crippen LogP contribution in [0.25, 0.3) is 0 Å². The van der Waals surface area contributed by atoms with E-state index in [0.717, 1.165) is 12.8 Å². The zero-order chi connectivity index (χ0) is 11.3. The smallest absolute Gasteiger partial charge is 0.220 e. The second-order valence-electron chi connectivity index (χ2n) is 5.16. The highest BCUT2D eigenvalue weighted by atomic mass is 35.5. The Morgan fingerprint density at radius 2 is 1.88 bits per heavy atom. The average Bonchev–Trinajstić information content (AvgIpc) is 2.17. The molecule has 0 atom stereocenters. The summed E-state index contributed by atoms with van der Waals surface area (Å²) in [6.45, 7) is 4.64. The van der Waals surface area contributed by atoms with Crippen LogP contribution in [0, 0.1) is 5.41 Å². The van der Waals surface area contributed by atoms with Crippen molar-refractivity contribution in [2.24, 2.45) is 11.1 Å². The first kappa shape index (κ1) is 15.7. The van der Waals surface area contributed by atoms with Gasteiger partial charge in [-0.2, -0.15) is 0 Å². The Hall–Kier alpha value is -0.280. The molecule has 0 aromatic carbocycles. The Kier molecular flexibility index (Phi) is 7.00. The van der Waals surface area contributed by atoms with Crippen molar-refractivity contribution in [3.8, 4) is 0 Å². The number of halogens is 1. The van der Waals surface area contributed by atoms with Crippen LogP contribution in [0.4, 0.5) is 0 Å². The molecule has 96 valence electrons. The summed E-state index contributed by atoms with van der Waals surface area (Å²) < 4.78 is 0. The number of hydrogen-bond donors (Lipinski definition) is 2. The van der Waals surface area contributed by atoms with Gasteiger partial charge < -0.3 is 11.1 Å². The maximum absolute atomic E-state index is 11.7. The minimum Gasteiger partial charge on any atom is -0.354 e. The summed E-state index contributed by atoms with van der Waals surface area (Å²) in [5.74, 6) is 0.164. The Bertz CT molecular complexity index is 213. The standard InChI is InChI=1S/C12H24N2O.ClH/c1-10(2)14-11(15)8-12(9-13)6-4-3-5-7-12;/h10H,3-9,13H2,1-2H3,(H,14,15);1H. The quantitative estimate of drug-likeness (QED) is 0.802. The van der Waals surface area contributed by atoms with Crippen molar-refractivity contribution < 1.29 is 4.79 Å². The van der Waals surface area contributed by atoms with E-state index in [-0.39, 0.29) is 29.8 Å². The highest BCUT2D eigenvalue weighted by Gasteiger charge is 2.32. The molecule has 3 nitrogen and oxygen atoms in total. The van der Waals surface area contributed by atoms with E-state index in [9.17, 15) is 4.79 Å². The molecule has 4 heteroatoms. The molecule has 0 unspecified atom stereocenters. The Morgan fingerprint density at radius 1 is 1.31 bits per heavy atom. The highest BCUT2D eigenvalue weighted by molar-refractivity contribution is 5.85. The van der Waals surface area contributed by atoms with Gasteiger partial charge in [-0.15, -0.1) is 12.4 Å². The third-order valence-electron chi connectivity index (χ3n) is 3.33. The molecule has 0 aliphatic heterocycles. The summed E-state index contributed by atoms with van der Waals surface area (Å²) in [7, 11) is 0. The minimum absolute atomic E-state index is 0. The van der Waals surface area contributed by atoms with E-state index in [1.165, 1.54) is 19.3 Å². The second kappa shape index (κ2) is 7.13. The molecule has 1 saturated carbocycles. The van der Waals surface area contributed by atoms with Gasteiger partial charge in [0.2, 0.25) is 5.91 Å². The first-order valence-electron chi connectivity index (χ1n) is 6.07. The van der Waals surface area contributed by atoms with Crippen molar-refractivity contribution >= 4 is 18.3 Å². The molecule has 0 aromatic rings. The minimum atomic E-state index is 0. The molecule has 0 saturated heterocycles. The molecule has 0 bridgehead atoms.